The topological polar surface area (TPSA) is 81.1 Å². The van der Waals surface area contributed by atoms with Crippen molar-refractivity contribution >= 4 is 10.2 Å². The molecule has 7 heteroatoms. The van der Waals surface area contributed by atoms with Crippen LogP contribution in [0.4, 0.5) is 0 Å². The molecule has 0 bridgehead atoms. The summed E-state index contributed by atoms with van der Waals surface area (Å²) in [6.07, 6.45) is 0.504. The van der Waals surface area contributed by atoms with Crippen molar-refractivity contribution in [3.63, 3.8) is 0 Å². The molecule has 0 aliphatic carbocycles. The van der Waals surface area contributed by atoms with E-state index in [1.54, 1.807) is 7.05 Å². The molecule has 1 aliphatic heterocycles. The van der Waals surface area contributed by atoms with Gasteiger partial charge in [-0.25, -0.2) is 0 Å². The number of aliphatic hydroxyl groups excluding tert-OH is 1. The van der Waals surface area contributed by atoms with E-state index in [0.29, 0.717) is 6.54 Å². The first-order chi connectivity index (χ1) is 9.87. The molecule has 1 aliphatic rings. The van der Waals surface area contributed by atoms with Gasteiger partial charge in [0.15, 0.2) is 0 Å². The predicted molar refractivity (Wildman–Crippen MR) is 79.7 cm³/mol. The minimum absolute atomic E-state index is 0.221. The molecule has 1 aromatic rings. The van der Waals surface area contributed by atoms with Gasteiger partial charge in [0.05, 0.1) is 12.2 Å². The largest absolute Gasteiger partial charge is 0.393 e. The van der Waals surface area contributed by atoms with Gasteiger partial charge < -0.3 is 10.2 Å². The molecule has 0 aromatic heterocycles. The zero-order valence-electron chi connectivity index (χ0n) is 12.1. The summed E-state index contributed by atoms with van der Waals surface area (Å²) in [5.74, 6) is 0. The number of hydrogen-bond donors (Lipinski definition) is 2. The highest BCUT2D eigenvalue weighted by molar-refractivity contribution is 7.86. The smallest absolute Gasteiger partial charge is 0.282 e. The molecule has 0 saturated carbocycles. The second-order valence-electron chi connectivity index (χ2n) is 5.53. The molecule has 2 rings (SSSR count). The van der Waals surface area contributed by atoms with E-state index in [1.807, 2.05) is 30.3 Å². The van der Waals surface area contributed by atoms with Gasteiger partial charge in [-0.1, -0.05) is 30.3 Å². The van der Waals surface area contributed by atoms with E-state index >= 15 is 0 Å². The van der Waals surface area contributed by atoms with Crippen molar-refractivity contribution in [1.29, 1.82) is 0 Å². The summed E-state index contributed by atoms with van der Waals surface area (Å²) in [7, 11) is -1.99. The SMILES string of the molecule is CN(Cc1ccccc1)S(=O)(=O)N1CCC(O)(CO)CC1. The number of rotatable bonds is 5. The highest BCUT2D eigenvalue weighted by Gasteiger charge is 2.37. The average molecular weight is 314 g/mol. The molecule has 1 fully saturated rings. The summed E-state index contributed by atoms with van der Waals surface area (Å²) in [5, 5.41) is 19.1. The van der Waals surface area contributed by atoms with Crippen molar-refractivity contribution in [1.82, 2.24) is 8.61 Å². The fourth-order valence-corrected chi connectivity index (χ4v) is 3.76. The molecule has 0 spiro atoms. The van der Waals surface area contributed by atoms with E-state index in [-0.39, 0.29) is 32.5 Å². The van der Waals surface area contributed by atoms with E-state index in [0.717, 1.165) is 5.56 Å². The lowest BCUT2D eigenvalue weighted by Crippen LogP contribution is -2.51. The maximum atomic E-state index is 12.5. The lowest BCUT2D eigenvalue weighted by Gasteiger charge is -2.37. The summed E-state index contributed by atoms with van der Waals surface area (Å²) in [6.45, 7) is 0.418. The van der Waals surface area contributed by atoms with Crippen LogP contribution in [-0.4, -0.2) is 59.6 Å². The molecular formula is C14H22N2O4S. The maximum absolute atomic E-state index is 12.5. The van der Waals surface area contributed by atoms with Crippen molar-refractivity contribution in [2.45, 2.75) is 25.0 Å². The van der Waals surface area contributed by atoms with Crippen molar-refractivity contribution in [2.75, 3.05) is 26.7 Å². The van der Waals surface area contributed by atoms with Crippen LogP contribution in [0.1, 0.15) is 18.4 Å². The Morgan fingerprint density at radius 1 is 1.24 bits per heavy atom. The fraction of sp³-hybridized carbons (Fsp3) is 0.571. The highest BCUT2D eigenvalue weighted by Crippen LogP contribution is 2.24. The number of benzene rings is 1. The molecule has 118 valence electrons. The van der Waals surface area contributed by atoms with Crippen LogP contribution in [0.2, 0.25) is 0 Å². The number of piperidine rings is 1. The standard InChI is InChI=1S/C14H22N2O4S/c1-15(11-13-5-3-2-4-6-13)21(19,20)16-9-7-14(18,12-17)8-10-16/h2-6,17-18H,7-12H2,1H3. The molecule has 6 nitrogen and oxygen atoms in total. The van der Waals surface area contributed by atoms with Crippen LogP contribution >= 0.6 is 0 Å². The molecule has 0 amide bonds. The maximum Gasteiger partial charge on any atom is 0.282 e. The molecule has 1 aromatic carbocycles. The summed E-state index contributed by atoms with van der Waals surface area (Å²) >= 11 is 0. The third-order valence-corrected chi connectivity index (χ3v) is 5.85. The van der Waals surface area contributed by atoms with E-state index in [1.165, 1.54) is 8.61 Å². The van der Waals surface area contributed by atoms with Crippen molar-refractivity contribution < 1.29 is 18.6 Å². The molecule has 2 N–H and O–H groups in total. The zero-order valence-corrected chi connectivity index (χ0v) is 13.0. The van der Waals surface area contributed by atoms with E-state index < -0.39 is 15.8 Å². The third kappa shape index (κ3) is 3.81. The first-order valence-corrected chi connectivity index (χ1v) is 8.36. The van der Waals surface area contributed by atoms with Crippen LogP contribution < -0.4 is 0 Å². The molecule has 21 heavy (non-hydrogen) atoms. The van der Waals surface area contributed by atoms with Crippen LogP contribution in [0.25, 0.3) is 0 Å². The van der Waals surface area contributed by atoms with Gasteiger partial charge in [0.25, 0.3) is 10.2 Å². The summed E-state index contributed by atoms with van der Waals surface area (Å²) in [6, 6.07) is 9.40. The Morgan fingerprint density at radius 3 is 2.33 bits per heavy atom. The van der Waals surface area contributed by atoms with Gasteiger partial charge in [-0.2, -0.15) is 17.0 Å². The van der Waals surface area contributed by atoms with Crippen LogP contribution in [-0.2, 0) is 16.8 Å². The van der Waals surface area contributed by atoms with Gasteiger partial charge in [0.1, 0.15) is 0 Å². The quantitative estimate of drug-likeness (QED) is 0.812. The molecule has 0 atom stereocenters. The second kappa shape index (κ2) is 6.41. The van der Waals surface area contributed by atoms with E-state index in [4.69, 9.17) is 5.11 Å². The first-order valence-electron chi connectivity index (χ1n) is 6.96. The van der Waals surface area contributed by atoms with Crippen molar-refractivity contribution in [3.05, 3.63) is 35.9 Å². The molecule has 1 heterocycles. The highest BCUT2D eigenvalue weighted by atomic mass is 32.2. The number of aliphatic hydroxyl groups is 2. The lowest BCUT2D eigenvalue weighted by molar-refractivity contribution is -0.0485. The monoisotopic (exact) mass is 314 g/mol. The Kier molecular flexibility index (Phi) is 5.00. The molecule has 1 saturated heterocycles. The normalized spacial score (nSPS) is 19.8. The first kappa shape index (κ1) is 16.4. The zero-order chi connectivity index (χ0) is 15.5. The van der Waals surface area contributed by atoms with Crippen LogP contribution in [0.15, 0.2) is 30.3 Å². The fourth-order valence-electron chi connectivity index (χ4n) is 2.41. The number of hydrogen-bond acceptors (Lipinski definition) is 4. The van der Waals surface area contributed by atoms with Crippen LogP contribution in [0.5, 0.6) is 0 Å². The Morgan fingerprint density at radius 2 is 1.81 bits per heavy atom. The summed E-state index contributed by atoms with van der Waals surface area (Å²) in [5.41, 5.74) is -0.225. The van der Waals surface area contributed by atoms with Gasteiger partial charge in [-0.15, -0.1) is 0 Å². The van der Waals surface area contributed by atoms with Gasteiger partial charge in [-0.05, 0) is 18.4 Å². The third-order valence-electron chi connectivity index (χ3n) is 3.92. The van der Waals surface area contributed by atoms with E-state index in [2.05, 4.69) is 0 Å². The van der Waals surface area contributed by atoms with Crippen LogP contribution in [0, 0.1) is 0 Å². The van der Waals surface area contributed by atoms with Crippen LogP contribution in [0.3, 0.4) is 0 Å². The van der Waals surface area contributed by atoms with Crippen molar-refractivity contribution in [2.24, 2.45) is 0 Å². The Balaban J connectivity index is 2.02. The van der Waals surface area contributed by atoms with Gasteiger partial charge >= 0.3 is 0 Å². The summed E-state index contributed by atoms with van der Waals surface area (Å²) in [4.78, 5) is 0. The Hall–Kier alpha value is -0.990. The van der Waals surface area contributed by atoms with Crippen molar-refractivity contribution in [3.8, 4) is 0 Å². The molecule has 0 unspecified atom stereocenters. The number of nitrogens with zero attached hydrogens (tertiary/aromatic N) is 2. The van der Waals surface area contributed by atoms with Gasteiger partial charge in [0, 0.05) is 26.7 Å². The lowest BCUT2D eigenvalue weighted by atomic mass is 9.94. The minimum Gasteiger partial charge on any atom is -0.393 e. The van der Waals surface area contributed by atoms with Gasteiger partial charge in [-0.3, -0.25) is 0 Å². The predicted octanol–water partition coefficient (Wildman–Crippen LogP) is 0.182. The minimum atomic E-state index is -3.54. The Bertz CT molecular complexity index is 554. The van der Waals surface area contributed by atoms with Gasteiger partial charge in [0.2, 0.25) is 0 Å². The molecule has 0 radical (unpaired) electrons. The summed E-state index contributed by atoms with van der Waals surface area (Å²) < 4.78 is 27.7. The molecular weight excluding hydrogens is 292 g/mol. The second-order valence-corrected chi connectivity index (χ2v) is 7.57. The average Bonchev–Trinajstić information content (AvgIpc) is 2.48. The Labute approximate surface area is 125 Å². The van der Waals surface area contributed by atoms with E-state index in [9.17, 15) is 13.5 Å².